The molecule has 0 unspecified atom stereocenters. The number of hydrogen-bond donors (Lipinski definition) is 3. The van der Waals surface area contributed by atoms with E-state index >= 15 is 0 Å². The minimum absolute atomic E-state index is 0.326. The van der Waals surface area contributed by atoms with Gasteiger partial charge in [-0.15, -0.1) is 11.3 Å². The molecule has 2 aromatic rings. The maximum Gasteiger partial charge on any atom is 0.205 e. The maximum atomic E-state index is 9.89. The van der Waals surface area contributed by atoms with Gasteiger partial charge < -0.3 is 15.3 Å². The predicted octanol–water partition coefficient (Wildman–Crippen LogP) is 3.34. The van der Waals surface area contributed by atoms with Crippen molar-refractivity contribution in [1.29, 1.82) is 0 Å². The topological polar surface area (TPSA) is 90.3 Å². The van der Waals surface area contributed by atoms with Gasteiger partial charge in [-0.25, -0.2) is 4.68 Å². The Morgan fingerprint density at radius 2 is 1.92 bits per heavy atom. The minimum Gasteiger partial charge on any atom is -0.504 e. The van der Waals surface area contributed by atoms with Crippen LogP contribution in [0, 0.1) is 12.8 Å². The number of nitrogens with zero attached hydrogens (tertiary/aromatic N) is 3. The molecule has 0 spiro atoms. The lowest BCUT2D eigenvalue weighted by atomic mass is 9.89. The zero-order chi connectivity index (χ0) is 17.8. The number of hydrogen-bond acceptors (Lipinski definition) is 6. The molecular weight excluding hydrogens is 338 g/mol. The van der Waals surface area contributed by atoms with Gasteiger partial charge in [0.05, 0.1) is 11.9 Å². The van der Waals surface area contributed by atoms with Gasteiger partial charge in [0.2, 0.25) is 10.6 Å². The van der Waals surface area contributed by atoms with Gasteiger partial charge in [-0.3, -0.25) is 4.99 Å². The Kier molecular flexibility index (Phi) is 5.43. The molecule has 1 aromatic carbocycles. The van der Waals surface area contributed by atoms with Crippen molar-refractivity contribution in [3.8, 4) is 17.2 Å². The van der Waals surface area contributed by atoms with Gasteiger partial charge in [0, 0.05) is 17.5 Å². The molecule has 3 N–H and O–H groups in total. The zero-order valence-corrected chi connectivity index (χ0v) is 15.0. The van der Waals surface area contributed by atoms with Crippen molar-refractivity contribution in [3.63, 3.8) is 0 Å². The van der Waals surface area contributed by atoms with Crippen LogP contribution in [-0.4, -0.2) is 32.8 Å². The summed E-state index contributed by atoms with van der Waals surface area (Å²) in [6.45, 7) is 2.77. The molecule has 1 aromatic heterocycles. The van der Waals surface area contributed by atoms with Crippen molar-refractivity contribution in [2.45, 2.75) is 39.0 Å². The van der Waals surface area contributed by atoms with Crippen LogP contribution < -0.4 is 4.80 Å². The van der Waals surface area contributed by atoms with Crippen molar-refractivity contribution in [1.82, 2.24) is 4.68 Å². The van der Waals surface area contributed by atoms with E-state index in [1.165, 1.54) is 50.5 Å². The first-order chi connectivity index (χ1) is 12.1. The number of rotatable bonds is 4. The van der Waals surface area contributed by atoms with E-state index in [1.807, 2.05) is 12.3 Å². The molecule has 0 aliphatic heterocycles. The summed E-state index contributed by atoms with van der Waals surface area (Å²) in [5, 5.41) is 35.2. The molecule has 1 heterocycles. The van der Waals surface area contributed by atoms with E-state index in [9.17, 15) is 15.3 Å². The molecular formula is C18H23N3O3S. The number of phenols is 3. The van der Waals surface area contributed by atoms with Crippen LogP contribution in [0.3, 0.4) is 0 Å². The van der Waals surface area contributed by atoms with E-state index in [2.05, 4.69) is 5.10 Å². The van der Waals surface area contributed by atoms with Crippen LogP contribution in [0.1, 0.15) is 43.4 Å². The molecule has 134 valence electrons. The van der Waals surface area contributed by atoms with Crippen LogP contribution in [0.15, 0.2) is 27.6 Å². The van der Waals surface area contributed by atoms with Crippen molar-refractivity contribution < 1.29 is 15.3 Å². The number of thiazole rings is 1. The highest BCUT2D eigenvalue weighted by atomic mass is 32.1. The highest BCUT2D eigenvalue weighted by molar-refractivity contribution is 7.07. The van der Waals surface area contributed by atoms with Crippen LogP contribution in [0.25, 0.3) is 0 Å². The molecule has 0 saturated heterocycles. The largest absolute Gasteiger partial charge is 0.504 e. The second kappa shape index (κ2) is 7.74. The second-order valence-corrected chi connectivity index (χ2v) is 7.27. The Hall–Kier alpha value is -2.28. The number of aromatic nitrogens is 1. The fraction of sp³-hybridized carbons (Fsp3) is 0.444. The Labute approximate surface area is 150 Å². The summed E-state index contributed by atoms with van der Waals surface area (Å²) in [5.74, 6) is -0.639. The lowest BCUT2D eigenvalue weighted by Gasteiger charge is -2.18. The van der Waals surface area contributed by atoms with E-state index in [0.29, 0.717) is 11.5 Å². The van der Waals surface area contributed by atoms with Crippen LogP contribution >= 0.6 is 11.3 Å². The summed E-state index contributed by atoms with van der Waals surface area (Å²) in [6, 6.07) is 2.81. The van der Waals surface area contributed by atoms with Gasteiger partial charge in [-0.1, -0.05) is 19.3 Å². The first-order valence-corrected chi connectivity index (χ1v) is 9.40. The van der Waals surface area contributed by atoms with Crippen LogP contribution in [0.5, 0.6) is 17.2 Å². The van der Waals surface area contributed by atoms with E-state index in [4.69, 9.17) is 4.99 Å². The van der Waals surface area contributed by atoms with E-state index in [0.717, 1.165) is 17.0 Å². The molecule has 1 saturated carbocycles. The molecule has 0 radical (unpaired) electrons. The molecule has 1 aliphatic rings. The third kappa shape index (κ3) is 4.04. The molecule has 3 rings (SSSR count). The molecule has 6 nitrogen and oxygen atoms in total. The van der Waals surface area contributed by atoms with Crippen LogP contribution in [0.2, 0.25) is 0 Å². The van der Waals surface area contributed by atoms with E-state index < -0.39 is 11.5 Å². The molecule has 7 heteroatoms. The minimum atomic E-state index is -0.543. The van der Waals surface area contributed by atoms with E-state index in [1.54, 1.807) is 16.0 Å². The molecule has 1 fully saturated rings. The first kappa shape index (κ1) is 17.5. The van der Waals surface area contributed by atoms with E-state index in [-0.39, 0.29) is 5.75 Å². The monoisotopic (exact) mass is 361 g/mol. The van der Waals surface area contributed by atoms with Gasteiger partial charge in [-0.05, 0) is 37.8 Å². The van der Waals surface area contributed by atoms with Crippen molar-refractivity contribution in [2.75, 3.05) is 6.54 Å². The van der Waals surface area contributed by atoms with Gasteiger partial charge in [0.15, 0.2) is 11.5 Å². The van der Waals surface area contributed by atoms with Gasteiger partial charge >= 0.3 is 0 Å². The molecule has 0 amide bonds. The van der Waals surface area contributed by atoms with Gasteiger partial charge in [0.1, 0.15) is 0 Å². The Bertz CT molecular complexity index is 833. The standard InChI is InChI=1S/C18H23N3O3S/c1-12-11-25-18(19-9-13-5-3-2-4-6-13)21(12)20-10-14-7-8-15(22)17(24)16(14)23/h7-8,10-11,13,22-24H,2-6,9H2,1H3/b19-18?,20-10+. The fourth-order valence-electron chi connectivity index (χ4n) is 3.02. The molecule has 0 atom stereocenters. The maximum absolute atomic E-state index is 9.89. The average molecular weight is 361 g/mol. The normalized spacial score (nSPS) is 16.8. The number of benzene rings is 1. The number of aryl methyl sites for hydroxylation is 1. The highest BCUT2D eigenvalue weighted by Crippen LogP contribution is 2.36. The average Bonchev–Trinajstić information content (AvgIpc) is 2.98. The van der Waals surface area contributed by atoms with Gasteiger partial charge in [-0.2, -0.15) is 5.10 Å². The second-order valence-electron chi connectivity index (χ2n) is 6.43. The lowest BCUT2D eigenvalue weighted by molar-refractivity contribution is 0.364. The Morgan fingerprint density at radius 3 is 2.68 bits per heavy atom. The summed E-state index contributed by atoms with van der Waals surface area (Å²) in [5.41, 5.74) is 1.28. The van der Waals surface area contributed by atoms with Crippen LogP contribution in [-0.2, 0) is 0 Å². The predicted molar refractivity (Wildman–Crippen MR) is 98.5 cm³/mol. The Balaban J connectivity index is 1.83. The van der Waals surface area contributed by atoms with Gasteiger partial charge in [0.25, 0.3) is 0 Å². The van der Waals surface area contributed by atoms with Crippen molar-refractivity contribution in [2.24, 2.45) is 16.0 Å². The lowest BCUT2D eigenvalue weighted by Crippen LogP contribution is -2.16. The fourth-order valence-corrected chi connectivity index (χ4v) is 3.83. The quantitative estimate of drug-likeness (QED) is 0.576. The zero-order valence-electron chi connectivity index (χ0n) is 14.2. The summed E-state index contributed by atoms with van der Waals surface area (Å²) >= 11 is 1.54. The molecule has 1 aliphatic carbocycles. The molecule has 25 heavy (non-hydrogen) atoms. The summed E-state index contributed by atoms with van der Waals surface area (Å²) < 4.78 is 1.73. The number of aromatic hydroxyl groups is 3. The third-order valence-electron chi connectivity index (χ3n) is 4.53. The van der Waals surface area contributed by atoms with Crippen molar-refractivity contribution >= 4 is 17.6 Å². The SMILES string of the molecule is Cc1csc(=NCC2CCCCC2)n1/N=C/c1ccc(O)c(O)c1O. The van der Waals surface area contributed by atoms with Crippen molar-refractivity contribution in [3.05, 3.63) is 33.6 Å². The Morgan fingerprint density at radius 1 is 1.16 bits per heavy atom. The highest BCUT2D eigenvalue weighted by Gasteiger charge is 2.13. The molecule has 0 bridgehead atoms. The summed E-state index contributed by atoms with van der Waals surface area (Å²) in [7, 11) is 0. The third-order valence-corrected chi connectivity index (χ3v) is 5.50. The summed E-state index contributed by atoms with van der Waals surface area (Å²) in [4.78, 5) is 5.55. The summed E-state index contributed by atoms with van der Waals surface area (Å²) in [6.07, 6.45) is 7.88. The number of phenolic OH excluding ortho intramolecular Hbond substituents is 3. The smallest absolute Gasteiger partial charge is 0.205 e. The van der Waals surface area contributed by atoms with Crippen LogP contribution in [0.4, 0.5) is 0 Å². The first-order valence-electron chi connectivity index (χ1n) is 8.52.